The van der Waals surface area contributed by atoms with Crippen LogP contribution in [0.2, 0.25) is 0 Å². The van der Waals surface area contributed by atoms with Crippen molar-refractivity contribution < 1.29 is 92.1 Å². The number of cyclic esters (lactones) is 1. The number of esters is 3. The Kier molecular flexibility index (Phi) is 21.0. The maximum absolute atomic E-state index is 17.8. The number of methoxy groups -OCH3 is 1. The van der Waals surface area contributed by atoms with Crippen LogP contribution in [-0.2, 0) is 57.1 Å². The largest absolute Gasteiger partial charge is 0.464 e. The summed E-state index contributed by atoms with van der Waals surface area (Å²) in [7, 11) is 6.98. The van der Waals surface area contributed by atoms with Crippen LogP contribution in [0, 0.1) is 40.4 Å². The number of halogens is 1. The van der Waals surface area contributed by atoms with Crippen molar-refractivity contribution in [2.24, 2.45) is 40.4 Å². The number of nitrogens with zero attached hydrogens (tertiary/aromatic N) is 2. The van der Waals surface area contributed by atoms with Gasteiger partial charge in [-0.15, -0.1) is 0 Å². The zero-order valence-electron chi connectivity index (χ0n) is 52.9. The molecule has 3 heterocycles. The molecule has 2 saturated carbocycles. The average molecular weight is 1200 g/mol. The monoisotopic (exact) mass is 1190 g/mol. The normalized spacial score (nSPS) is 48.0. The minimum atomic E-state index is -2.13. The van der Waals surface area contributed by atoms with Gasteiger partial charge in [0, 0.05) is 55.1 Å². The van der Waals surface area contributed by atoms with E-state index in [1.165, 1.54) is 20.1 Å². The predicted molar refractivity (Wildman–Crippen MR) is 306 cm³/mol. The molecule has 84 heavy (non-hydrogen) atoms. The van der Waals surface area contributed by atoms with Crippen molar-refractivity contribution >= 4 is 23.7 Å². The smallest absolute Gasteiger partial charge is 0.338 e. The van der Waals surface area contributed by atoms with E-state index in [1.807, 2.05) is 36.9 Å². The first-order valence-corrected chi connectivity index (χ1v) is 30.9. The highest BCUT2D eigenvalue weighted by Gasteiger charge is 2.76. The number of hydrogen-bond acceptors (Lipinski definition) is 20. The number of allylic oxidation sites excluding steroid dienone is 4. The van der Waals surface area contributed by atoms with E-state index in [1.54, 1.807) is 82.4 Å². The van der Waals surface area contributed by atoms with Crippen molar-refractivity contribution in [3.05, 3.63) is 23.8 Å². The molecule has 25 atom stereocenters. The number of alkyl halides is 1. The highest BCUT2D eigenvalue weighted by molar-refractivity contribution is 5.93. The van der Waals surface area contributed by atoms with E-state index in [2.05, 4.69) is 0 Å². The molecule has 3 unspecified atom stereocenters. The lowest BCUT2D eigenvalue weighted by molar-refractivity contribution is -0.318. The molecule has 0 spiro atoms. The Labute approximate surface area is 497 Å². The molecule has 20 nitrogen and oxygen atoms in total. The van der Waals surface area contributed by atoms with Gasteiger partial charge in [0.2, 0.25) is 0 Å². The third-order valence-corrected chi connectivity index (χ3v) is 21.8. The van der Waals surface area contributed by atoms with Crippen molar-refractivity contribution in [1.82, 2.24) is 9.80 Å². The summed E-state index contributed by atoms with van der Waals surface area (Å²) in [6.45, 7) is 20.7. The van der Waals surface area contributed by atoms with Crippen LogP contribution >= 0.6 is 0 Å². The summed E-state index contributed by atoms with van der Waals surface area (Å²) in [6.07, 6.45) is -5.16. The Bertz CT molecular complexity index is 2410. The summed E-state index contributed by atoms with van der Waals surface area (Å²) in [5, 5.41) is 71.9. The maximum atomic E-state index is 17.8. The van der Waals surface area contributed by atoms with Crippen LogP contribution in [0.1, 0.15) is 160 Å². The second kappa shape index (κ2) is 25.8. The van der Waals surface area contributed by atoms with Crippen molar-refractivity contribution in [1.29, 1.82) is 0 Å². The molecular weight excluding hydrogens is 1090 g/mol. The molecule has 0 radical (unpaired) electrons. The molecule has 3 saturated heterocycles. The number of aliphatic hydroxyl groups is 6. The zero-order chi connectivity index (χ0) is 62.6. The van der Waals surface area contributed by atoms with Gasteiger partial charge in [-0.1, -0.05) is 45.4 Å². The third kappa shape index (κ3) is 12.5. The Morgan fingerprint density at radius 2 is 1.57 bits per heavy atom. The fourth-order valence-electron chi connectivity index (χ4n) is 16.1. The molecule has 0 amide bonds. The number of carbonyl (C=O) groups excluding carboxylic acids is 4. The SMILES string of the molecule is CC[C@H]1OC(=O)[C@H](C)[C@@H](O[C@@H]2C[C@](C)(OC)[C@H](O)C(C)O2)[C@H](C)[C@@H](O[C@@H]2O[C@H](C)C[C@@H](N(C)C)[C@H]2OC(=O)CCCCOC(=O)[C@@]2(O)[C@H](C)CC3C4CC=C5CC(=O)C=C[C@]5(C)[C@@]4(F)[C@@H](O)C[C@@]32C)[C@](C)(O)CCCN(C)[C@H](C)[C@@H](O)[C@]1(C)O. The maximum Gasteiger partial charge on any atom is 0.338 e. The molecule has 21 heteroatoms. The highest BCUT2D eigenvalue weighted by atomic mass is 19.1. The molecular formula is C63H103FN2O18. The van der Waals surface area contributed by atoms with Gasteiger partial charge in [-0.25, -0.2) is 9.18 Å². The minimum absolute atomic E-state index is 0.0521. The predicted octanol–water partition coefficient (Wildman–Crippen LogP) is 5.27. The number of rotatable bonds is 14. The first-order chi connectivity index (χ1) is 39.0. The average Bonchev–Trinajstić information content (AvgIpc) is 1.35. The van der Waals surface area contributed by atoms with Gasteiger partial charge in [0.1, 0.15) is 23.9 Å². The third-order valence-electron chi connectivity index (χ3n) is 21.8. The molecule has 7 aliphatic rings. The Morgan fingerprint density at radius 1 is 0.893 bits per heavy atom. The number of likely N-dealkylation sites (N-methyl/N-ethyl adjacent to an activating group) is 2. The van der Waals surface area contributed by atoms with Gasteiger partial charge in [-0.05, 0) is 159 Å². The van der Waals surface area contributed by atoms with Gasteiger partial charge in [0.05, 0.1) is 60.3 Å². The molecule has 5 fully saturated rings. The van der Waals surface area contributed by atoms with E-state index in [4.69, 9.17) is 37.9 Å². The van der Waals surface area contributed by atoms with E-state index in [-0.39, 0.29) is 70.2 Å². The summed E-state index contributed by atoms with van der Waals surface area (Å²) in [5.41, 5.74) is -10.7. The molecule has 480 valence electrons. The van der Waals surface area contributed by atoms with Crippen LogP contribution in [-0.4, -0.2) is 213 Å². The Morgan fingerprint density at radius 3 is 2.21 bits per heavy atom. The van der Waals surface area contributed by atoms with Gasteiger partial charge >= 0.3 is 17.9 Å². The van der Waals surface area contributed by atoms with E-state index in [0.29, 0.717) is 31.4 Å². The fourth-order valence-corrected chi connectivity index (χ4v) is 16.1. The fraction of sp³-hybridized carbons (Fsp3) is 0.873. The van der Waals surface area contributed by atoms with Crippen LogP contribution in [0.4, 0.5) is 4.39 Å². The van der Waals surface area contributed by atoms with E-state index in [0.717, 1.165) is 0 Å². The van der Waals surface area contributed by atoms with Crippen molar-refractivity contribution in [2.75, 3.05) is 41.4 Å². The van der Waals surface area contributed by atoms with Crippen LogP contribution in [0.15, 0.2) is 23.8 Å². The number of aliphatic hydroxyl groups excluding tert-OH is 3. The molecule has 0 aromatic heterocycles. The second-order valence-corrected chi connectivity index (χ2v) is 27.7. The summed E-state index contributed by atoms with van der Waals surface area (Å²) < 4.78 is 68.6. The highest BCUT2D eigenvalue weighted by Crippen LogP contribution is 2.70. The second-order valence-electron chi connectivity index (χ2n) is 27.7. The quantitative estimate of drug-likeness (QED) is 0.0560. The van der Waals surface area contributed by atoms with Crippen LogP contribution < -0.4 is 0 Å². The summed E-state index contributed by atoms with van der Waals surface area (Å²) >= 11 is 0. The van der Waals surface area contributed by atoms with Crippen LogP contribution in [0.5, 0.6) is 0 Å². The van der Waals surface area contributed by atoms with E-state index < -0.39 is 166 Å². The number of carbonyl (C=O) groups is 4. The standard InChI is InChI=1S/C63H103FN2O18/c1-17-46-61(12,75)51(70)38(6)66(15)27-20-25-59(10,74)53(36(4)49(37(5)54(72)81-46)83-48-33-60(11,77-16)52(71)39(7)80-48)84-55-50(44(65(13)14)30-35(3)79-55)82-47(69)21-18-19-28-78-56(73)63(76)34(2)29-43-42-23-22-40-31-41(67)24-26-57(40,8)62(42,64)45(68)32-58(43,63)9/h22,24,26,34-39,42-46,48-53,55,68,70-71,74-76H,17-21,23,25,27-33H2,1-16H3/t34-,35-,36+,37-,38-,39?,42?,43?,44-,45+,46-,48-,49+,50-,51-,52-,53-,55+,57+,58+,59-,60+,61-,62+,63+/m1/s1. The van der Waals surface area contributed by atoms with E-state index >= 15 is 4.39 Å². The molecule has 6 N–H and O–H groups in total. The number of unbranched alkanes of at least 4 members (excludes halogenated alkanes) is 1. The van der Waals surface area contributed by atoms with Gasteiger partial charge < -0.3 is 78.3 Å². The van der Waals surface area contributed by atoms with Crippen LogP contribution in [0.25, 0.3) is 0 Å². The molecule has 0 aromatic rings. The van der Waals surface area contributed by atoms with Gasteiger partial charge in [-0.2, -0.15) is 0 Å². The zero-order valence-corrected chi connectivity index (χ0v) is 52.9. The lowest BCUT2D eigenvalue weighted by Crippen LogP contribution is -2.69. The van der Waals surface area contributed by atoms with Crippen molar-refractivity contribution in [2.45, 2.75) is 268 Å². The van der Waals surface area contributed by atoms with Gasteiger partial charge in [0.15, 0.2) is 35.7 Å². The molecule has 7 rings (SSSR count). The lowest BCUT2D eigenvalue weighted by atomic mass is 9.45. The Balaban J connectivity index is 1.09. The number of hydrogen-bond donors (Lipinski definition) is 6. The molecule has 4 aliphatic carbocycles. The van der Waals surface area contributed by atoms with Crippen LogP contribution in [0.3, 0.4) is 0 Å². The lowest BCUT2D eigenvalue weighted by Gasteiger charge is -2.61. The van der Waals surface area contributed by atoms with Crippen molar-refractivity contribution in [3.63, 3.8) is 0 Å². The first kappa shape index (κ1) is 68.5. The number of fused-ring (bicyclic) bond motifs is 5. The summed E-state index contributed by atoms with van der Waals surface area (Å²) in [6, 6.07) is -1.05. The molecule has 3 aliphatic heterocycles. The first-order valence-electron chi connectivity index (χ1n) is 30.9. The minimum Gasteiger partial charge on any atom is -0.464 e. The van der Waals surface area contributed by atoms with E-state index in [9.17, 15) is 49.8 Å². The van der Waals surface area contributed by atoms with Crippen molar-refractivity contribution in [3.8, 4) is 0 Å². The Hall–Kier alpha value is -3.03. The summed E-state index contributed by atoms with van der Waals surface area (Å²) in [5.74, 6) is -6.23. The molecule has 0 aromatic carbocycles. The number of ketones is 1. The topological polar surface area (TPSA) is 270 Å². The molecule has 0 bridgehead atoms. The van der Waals surface area contributed by atoms with Gasteiger partial charge in [0.25, 0.3) is 0 Å². The van der Waals surface area contributed by atoms with Gasteiger partial charge in [-0.3, -0.25) is 14.4 Å². The number of ether oxygens (including phenoxy) is 8. The summed E-state index contributed by atoms with van der Waals surface area (Å²) in [4.78, 5) is 59.1.